The predicted molar refractivity (Wildman–Crippen MR) is 85.5 cm³/mol. The summed E-state index contributed by atoms with van der Waals surface area (Å²) in [6.45, 7) is 8.84. The molecule has 0 saturated carbocycles. The van der Waals surface area contributed by atoms with Crippen LogP contribution in [0.4, 0.5) is 5.69 Å². The third-order valence-corrected chi connectivity index (χ3v) is 3.94. The summed E-state index contributed by atoms with van der Waals surface area (Å²) in [7, 11) is 0. The van der Waals surface area contributed by atoms with E-state index in [1.165, 1.54) is 53.4 Å². The molecular weight excluding hydrogens is 286 g/mol. The lowest BCUT2D eigenvalue weighted by Gasteiger charge is -2.19. The molecule has 0 radical (unpaired) electrons. The number of anilines is 1. The predicted octanol–water partition coefficient (Wildman–Crippen LogP) is 5.84. The van der Waals surface area contributed by atoms with Crippen LogP contribution >= 0.6 is 15.9 Å². The second kappa shape index (κ2) is 7.83. The molecule has 0 aliphatic heterocycles. The average molecular weight is 312 g/mol. The van der Waals surface area contributed by atoms with Gasteiger partial charge in [0.2, 0.25) is 0 Å². The molecule has 1 aromatic carbocycles. The molecule has 0 saturated heterocycles. The molecule has 0 aromatic heterocycles. The van der Waals surface area contributed by atoms with Gasteiger partial charge in [0.1, 0.15) is 0 Å². The van der Waals surface area contributed by atoms with Crippen LogP contribution in [-0.2, 0) is 0 Å². The van der Waals surface area contributed by atoms with Crippen LogP contribution in [0.15, 0.2) is 16.6 Å². The van der Waals surface area contributed by atoms with Gasteiger partial charge < -0.3 is 5.32 Å². The average Bonchev–Trinajstić information content (AvgIpc) is 2.29. The van der Waals surface area contributed by atoms with Gasteiger partial charge in [-0.2, -0.15) is 0 Å². The zero-order chi connectivity index (χ0) is 13.5. The fraction of sp³-hybridized carbons (Fsp3) is 0.625. The summed E-state index contributed by atoms with van der Waals surface area (Å²) in [4.78, 5) is 0. The monoisotopic (exact) mass is 311 g/mol. The number of halogens is 1. The van der Waals surface area contributed by atoms with E-state index in [4.69, 9.17) is 0 Å². The Bertz CT molecular complexity index is 350. The topological polar surface area (TPSA) is 12.0 Å². The molecule has 1 aromatic rings. The molecule has 1 N–H and O–H groups in total. The van der Waals surface area contributed by atoms with Crippen molar-refractivity contribution in [2.75, 3.05) is 5.32 Å². The van der Waals surface area contributed by atoms with Crippen LogP contribution in [0.2, 0.25) is 0 Å². The second-order valence-electron chi connectivity index (χ2n) is 5.33. The van der Waals surface area contributed by atoms with Crippen molar-refractivity contribution in [1.82, 2.24) is 0 Å². The molecule has 0 bridgehead atoms. The highest BCUT2D eigenvalue weighted by atomic mass is 79.9. The van der Waals surface area contributed by atoms with Crippen LogP contribution in [0.3, 0.4) is 0 Å². The van der Waals surface area contributed by atoms with E-state index in [2.05, 4.69) is 61.1 Å². The van der Waals surface area contributed by atoms with Crippen molar-refractivity contribution in [3.63, 3.8) is 0 Å². The lowest BCUT2D eigenvalue weighted by Crippen LogP contribution is -2.16. The van der Waals surface area contributed by atoms with Crippen molar-refractivity contribution in [2.24, 2.45) is 0 Å². The van der Waals surface area contributed by atoms with Crippen LogP contribution in [0.1, 0.15) is 57.1 Å². The van der Waals surface area contributed by atoms with Gasteiger partial charge in [0.25, 0.3) is 0 Å². The molecule has 0 aliphatic carbocycles. The molecule has 1 unspecified atom stereocenters. The Balaban J connectivity index is 2.51. The maximum Gasteiger partial charge on any atom is 0.0516 e. The molecular formula is C16H26BrN. The summed E-state index contributed by atoms with van der Waals surface area (Å²) in [5.41, 5.74) is 3.88. The molecule has 0 aliphatic rings. The minimum absolute atomic E-state index is 0.541. The molecule has 102 valence electrons. The number of hydrogen-bond acceptors (Lipinski definition) is 1. The molecule has 0 spiro atoms. The Morgan fingerprint density at radius 3 is 2.50 bits per heavy atom. The zero-order valence-corrected chi connectivity index (χ0v) is 13.7. The van der Waals surface area contributed by atoms with Crippen molar-refractivity contribution in [3.8, 4) is 0 Å². The first-order valence-electron chi connectivity index (χ1n) is 7.08. The van der Waals surface area contributed by atoms with Gasteiger partial charge in [-0.05, 0) is 60.3 Å². The first-order valence-corrected chi connectivity index (χ1v) is 7.87. The Morgan fingerprint density at radius 1 is 1.17 bits per heavy atom. The number of aryl methyl sites for hydroxylation is 2. The largest absolute Gasteiger partial charge is 0.381 e. The quantitative estimate of drug-likeness (QED) is 0.624. The smallest absolute Gasteiger partial charge is 0.0516 e. The summed E-state index contributed by atoms with van der Waals surface area (Å²) in [5.74, 6) is 0. The number of unbranched alkanes of at least 4 members (excludes halogenated alkanes) is 3. The Kier molecular flexibility index (Phi) is 6.77. The highest BCUT2D eigenvalue weighted by Gasteiger charge is 2.08. The van der Waals surface area contributed by atoms with Gasteiger partial charge >= 0.3 is 0 Å². The minimum Gasteiger partial charge on any atom is -0.381 e. The van der Waals surface area contributed by atoms with E-state index in [1.54, 1.807) is 0 Å². The molecule has 1 nitrogen and oxygen atoms in total. The SMILES string of the molecule is CCCCCCC(C)Nc1c(C)cc(C)cc1Br. The molecule has 0 fully saturated rings. The zero-order valence-electron chi connectivity index (χ0n) is 12.1. The summed E-state index contributed by atoms with van der Waals surface area (Å²) < 4.78 is 1.18. The van der Waals surface area contributed by atoms with Gasteiger partial charge in [0, 0.05) is 10.5 Å². The Hall–Kier alpha value is -0.500. The van der Waals surface area contributed by atoms with E-state index < -0.39 is 0 Å². The van der Waals surface area contributed by atoms with E-state index in [9.17, 15) is 0 Å². The highest BCUT2D eigenvalue weighted by molar-refractivity contribution is 9.10. The van der Waals surface area contributed by atoms with Crippen molar-refractivity contribution >= 4 is 21.6 Å². The second-order valence-corrected chi connectivity index (χ2v) is 6.19. The summed E-state index contributed by atoms with van der Waals surface area (Å²) in [6.07, 6.45) is 6.60. The Labute approximate surface area is 120 Å². The van der Waals surface area contributed by atoms with Crippen molar-refractivity contribution < 1.29 is 0 Å². The van der Waals surface area contributed by atoms with Crippen molar-refractivity contribution in [1.29, 1.82) is 0 Å². The standard InChI is InChI=1S/C16H26BrN/c1-5-6-7-8-9-14(4)18-16-13(3)10-12(2)11-15(16)17/h10-11,14,18H,5-9H2,1-4H3. The molecule has 18 heavy (non-hydrogen) atoms. The fourth-order valence-electron chi connectivity index (χ4n) is 2.29. The first kappa shape index (κ1) is 15.6. The number of benzene rings is 1. The molecule has 0 heterocycles. The van der Waals surface area contributed by atoms with Crippen molar-refractivity contribution in [2.45, 2.75) is 65.8 Å². The van der Waals surface area contributed by atoms with Crippen LogP contribution in [0.5, 0.6) is 0 Å². The van der Waals surface area contributed by atoms with Gasteiger partial charge in [0.15, 0.2) is 0 Å². The fourth-order valence-corrected chi connectivity index (χ4v) is 3.08. The van der Waals surface area contributed by atoms with Crippen molar-refractivity contribution in [3.05, 3.63) is 27.7 Å². The maximum atomic E-state index is 3.66. The van der Waals surface area contributed by atoms with Crippen LogP contribution in [-0.4, -0.2) is 6.04 Å². The van der Waals surface area contributed by atoms with E-state index in [0.29, 0.717) is 6.04 Å². The molecule has 0 amide bonds. The Morgan fingerprint density at radius 2 is 1.89 bits per heavy atom. The van der Waals surface area contributed by atoms with Gasteiger partial charge in [-0.15, -0.1) is 0 Å². The number of rotatable bonds is 7. The van der Waals surface area contributed by atoms with Crippen LogP contribution < -0.4 is 5.32 Å². The lowest BCUT2D eigenvalue weighted by atomic mass is 10.1. The lowest BCUT2D eigenvalue weighted by molar-refractivity contribution is 0.593. The summed E-state index contributed by atoms with van der Waals surface area (Å²) in [6, 6.07) is 4.95. The van der Waals surface area contributed by atoms with E-state index in [0.717, 1.165) is 0 Å². The van der Waals surface area contributed by atoms with Gasteiger partial charge in [-0.3, -0.25) is 0 Å². The van der Waals surface area contributed by atoms with E-state index >= 15 is 0 Å². The minimum atomic E-state index is 0.541. The van der Waals surface area contributed by atoms with Crippen LogP contribution in [0.25, 0.3) is 0 Å². The van der Waals surface area contributed by atoms with Gasteiger partial charge in [-0.25, -0.2) is 0 Å². The van der Waals surface area contributed by atoms with Gasteiger partial charge in [0.05, 0.1) is 5.69 Å². The molecule has 2 heteroatoms. The highest BCUT2D eigenvalue weighted by Crippen LogP contribution is 2.28. The van der Waals surface area contributed by atoms with Crippen LogP contribution in [0, 0.1) is 13.8 Å². The summed E-state index contributed by atoms with van der Waals surface area (Å²) >= 11 is 3.66. The third kappa shape index (κ3) is 5.01. The normalized spacial score (nSPS) is 12.5. The van der Waals surface area contributed by atoms with E-state index in [-0.39, 0.29) is 0 Å². The third-order valence-electron chi connectivity index (χ3n) is 3.31. The molecule has 1 rings (SSSR count). The number of nitrogens with one attached hydrogen (secondary N) is 1. The molecule has 1 atom stereocenters. The van der Waals surface area contributed by atoms with Gasteiger partial charge in [-0.1, -0.05) is 38.7 Å². The number of hydrogen-bond donors (Lipinski definition) is 1. The summed E-state index contributed by atoms with van der Waals surface area (Å²) in [5, 5.41) is 3.64. The first-order chi connectivity index (χ1) is 8.54. The van der Waals surface area contributed by atoms with E-state index in [1.807, 2.05) is 0 Å². The maximum absolute atomic E-state index is 3.66.